The van der Waals surface area contributed by atoms with E-state index in [0.29, 0.717) is 11.4 Å². The van der Waals surface area contributed by atoms with Crippen molar-refractivity contribution in [1.29, 1.82) is 0 Å². The largest absolute Gasteiger partial charge is 0.497 e. The van der Waals surface area contributed by atoms with Crippen molar-refractivity contribution >= 4 is 5.69 Å². The van der Waals surface area contributed by atoms with E-state index in [2.05, 4.69) is 10.1 Å². The first kappa shape index (κ1) is 15.5. The van der Waals surface area contributed by atoms with E-state index < -0.39 is 6.61 Å². The Balaban J connectivity index is 2.93. The van der Waals surface area contributed by atoms with Crippen molar-refractivity contribution in [3.63, 3.8) is 0 Å². The second-order valence-corrected chi connectivity index (χ2v) is 4.11. The van der Waals surface area contributed by atoms with Crippen LogP contribution in [0.2, 0.25) is 0 Å². The molecule has 2 unspecified atom stereocenters. The summed E-state index contributed by atoms with van der Waals surface area (Å²) < 4.78 is 39.4. The van der Waals surface area contributed by atoms with Gasteiger partial charge in [-0.25, -0.2) is 0 Å². The molecule has 1 N–H and O–H groups in total. The third-order valence-electron chi connectivity index (χ3n) is 2.86. The topological polar surface area (TPSA) is 39.7 Å². The number of hydrogen-bond acceptors (Lipinski definition) is 4. The summed E-state index contributed by atoms with van der Waals surface area (Å²) in [6.07, 6.45) is -0.0781. The van der Waals surface area contributed by atoms with E-state index in [1.807, 2.05) is 13.8 Å². The highest BCUT2D eigenvalue weighted by atomic mass is 19.3. The quantitative estimate of drug-likeness (QED) is 0.830. The van der Waals surface area contributed by atoms with Crippen LogP contribution in [0.1, 0.15) is 13.8 Å². The third-order valence-corrected chi connectivity index (χ3v) is 2.86. The van der Waals surface area contributed by atoms with Gasteiger partial charge in [-0.05, 0) is 26.0 Å². The number of anilines is 1. The maximum Gasteiger partial charge on any atom is 0.387 e. The van der Waals surface area contributed by atoms with Crippen molar-refractivity contribution in [1.82, 2.24) is 0 Å². The molecule has 0 saturated heterocycles. The number of halogens is 2. The molecule has 1 rings (SSSR count). The van der Waals surface area contributed by atoms with Gasteiger partial charge < -0.3 is 19.5 Å². The first-order valence-corrected chi connectivity index (χ1v) is 5.90. The molecule has 0 amide bonds. The zero-order valence-electron chi connectivity index (χ0n) is 11.4. The molecule has 2 atom stereocenters. The standard InChI is InChI=1S/C13H19F2NO3/c1-8(9(2)17-3)16-11-7-10(18-4)5-6-12(11)19-13(14)15/h5-9,13,16H,1-4H3. The second-order valence-electron chi connectivity index (χ2n) is 4.11. The molecule has 4 nitrogen and oxygen atoms in total. The predicted octanol–water partition coefficient (Wildman–Crippen LogP) is 3.13. The highest BCUT2D eigenvalue weighted by Crippen LogP contribution is 2.31. The van der Waals surface area contributed by atoms with Crippen LogP contribution in [-0.4, -0.2) is 33.0 Å². The van der Waals surface area contributed by atoms with Crippen molar-refractivity contribution in [2.75, 3.05) is 19.5 Å². The molecular formula is C13H19F2NO3. The summed E-state index contributed by atoms with van der Waals surface area (Å²) in [6.45, 7) is 0.898. The fraction of sp³-hybridized carbons (Fsp3) is 0.538. The minimum Gasteiger partial charge on any atom is -0.497 e. The lowest BCUT2D eigenvalue weighted by Gasteiger charge is -2.23. The third kappa shape index (κ3) is 4.55. The first-order chi connectivity index (χ1) is 8.97. The van der Waals surface area contributed by atoms with Gasteiger partial charge in [0.2, 0.25) is 0 Å². The molecule has 1 aromatic carbocycles. The van der Waals surface area contributed by atoms with Crippen LogP contribution in [0.4, 0.5) is 14.5 Å². The van der Waals surface area contributed by atoms with Gasteiger partial charge in [0.1, 0.15) is 11.5 Å². The summed E-state index contributed by atoms with van der Waals surface area (Å²) in [6, 6.07) is 4.54. The molecule has 0 aliphatic carbocycles. The molecule has 19 heavy (non-hydrogen) atoms. The Hall–Kier alpha value is -1.56. The van der Waals surface area contributed by atoms with Crippen LogP contribution in [0.3, 0.4) is 0 Å². The summed E-state index contributed by atoms with van der Waals surface area (Å²) >= 11 is 0. The molecule has 0 heterocycles. The lowest BCUT2D eigenvalue weighted by molar-refractivity contribution is -0.0494. The summed E-state index contributed by atoms with van der Waals surface area (Å²) in [7, 11) is 3.10. The van der Waals surface area contributed by atoms with Gasteiger partial charge in [0.15, 0.2) is 0 Å². The fourth-order valence-corrected chi connectivity index (χ4v) is 1.51. The van der Waals surface area contributed by atoms with Crippen molar-refractivity contribution in [2.45, 2.75) is 32.6 Å². The van der Waals surface area contributed by atoms with E-state index in [1.54, 1.807) is 19.2 Å². The molecule has 0 spiro atoms. The minimum absolute atomic E-state index is 0.0721. The number of rotatable bonds is 7. The van der Waals surface area contributed by atoms with Crippen LogP contribution >= 0.6 is 0 Å². The van der Waals surface area contributed by atoms with Crippen LogP contribution in [0.5, 0.6) is 11.5 Å². The molecule has 0 fully saturated rings. The molecule has 0 aliphatic heterocycles. The number of alkyl halides is 2. The van der Waals surface area contributed by atoms with Crippen molar-refractivity contribution in [2.24, 2.45) is 0 Å². The van der Waals surface area contributed by atoms with Gasteiger partial charge in [-0.2, -0.15) is 8.78 Å². The Morgan fingerprint density at radius 3 is 2.37 bits per heavy atom. The highest BCUT2D eigenvalue weighted by Gasteiger charge is 2.16. The summed E-state index contributed by atoms with van der Waals surface area (Å²) in [5, 5.41) is 3.08. The smallest absolute Gasteiger partial charge is 0.387 e. The average Bonchev–Trinajstić information content (AvgIpc) is 2.39. The molecule has 6 heteroatoms. The Morgan fingerprint density at radius 1 is 1.16 bits per heavy atom. The van der Waals surface area contributed by atoms with E-state index >= 15 is 0 Å². The number of benzene rings is 1. The predicted molar refractivity (Wildman–Crippen MR) is 69.2 cm³/mol. The maximum absolute atomic E-state index is 12.3. The number of hydrogen-bond donors (Lipinski definition) is 1. The van der Waals surface area contributed by atoms with Crippen molar-refractivity contribution in [3.05, 3.63) is 18.2 Å². The summed E-state index contributed by atoms with van der Waals surface area (Å²) in [5.74, 6) is 0.632. The second kappa shape index (κ2) is 7.13. The van der Waals surface area contributed by atoms with Gasteiger partial charge in [-0.15, -0.1) is 0 Å². The number of methoxy groups -OCH3 is 2. The monoisotopic (exact) mass is 275 g/mol. The van der Waals surface area contributed by atoms with E-state index in [9.17, 15) is 8.78 Å². The maximum atomic E-state index is 12.3. The van der Waals surface area contributed by atoms with Crippen LogP contribution in [0.25, 0.3) is 0 Å². The normalized spacial score (nSPS) is 14.1. The fourth-order valence-electron chi connectivity index (χ4n) is 1.51. The average molecular weight is 275 g/mol. The molecule has 1 aromatic rings. The van der Waals surface area contributed by atoms with E-state index in [-0.39, 0.29) is 17.9 Å². The Morgan fingerprint density at radius 2 is 1.84 bits per heavy atom. The minimum atomic E-state index is -2.87. The zero-order valence-corrected chi connectivity index (χ0v) is 11.4. The zero-order chi connectivity index (χ0) is 14.4. The van der Waals surface area contributed by atoms with Gasteiger partial charge >= 0.3 is 6.61 Å². The molecule has 0 aliphatic rings. The van der Waals surface area contributed by atoms with Crippen LogP contribution in [0, 0.1) is 0 Å². The van der Waals surface area contributed by atoms with E-state index in [4.69, 9.17) is 9.47 Å². The molecule has 0 radical (unpaired) electrons. The number of nitrogens with one attached hydrogen (secondary N) is 1. The van der Waals surface area contributed by atoms with Crippen LogP contribution in [0.15, 0.2) is 18.2 Å². The lowest BCUT2D eigenvalue weighted by Crippen LogP contribution is -2.30. The van der Waals surface area contributed by atoms with Crippen molar-refractivity contribution in [3.8, 4) is 11.5 Å². The molecule has 0 saturated carbocycles. The molecule has 0 bridgehead atoms. The van der Waals surface area contributed by atoms with E-state index in [0.717, 1.165) is 0 Å². The van der Waals surface area contributed by atoms with Crippen molar-refractivity contribution < 1.29 is 23.0 Å². The van der Waals surface area contributed by atoms with Gasteiger partial charge in [0.25, 0.3) is 0 Å². The Labute approximate surface area is 111 Å². The molecular weight excluding hydrogens is 256 g/mol. The van der Waals surface area contributed by atoms with Crippen LogP contribution < -0.4 is 14.8 Å². The van der Waals surface area contributed by atoms with Gasteiger partial charge in [-0.3, -0.25) is 0 Å². The van der Waals surface area contributed by atoms with Gasteiger partial charge in [0.05, 0.1) is 18.9 Å². The first-order valence-electron chi connectivity index (χ1n) is 5.90. The van der Waals surface area contributed by atoms with Crippen LogP contribution in [-0.2, 0) is 4.74 Å². The highest BCUT2D eigenvalue weighted by molar-refractivity contribution is 5.60. The molecule has 0 aromatic heterocycles. The Bertz CT molecular complexity index is 401. The lowest BCUT2D eigenvalue weighted by atomic mass is 10.2. The summed E-state index contributed by atoms with van der Waals surface area (Å²) in [4.78, 5) is 0. The summed E-state index contributed by atoms with van der Waals surface area (Å²) in [5.41, 5.74) is 0.441. The SMILES string of the molecule is COc1ccc(OC(F)F)c(NC(C)C(C)OC)c1. The van der Waals surface area contributed by atoms with Gasteiger partial charge in [-0.1, -0.05) is 0 Å². The van der Waals surface area contributed by atoms with E-state index in [1.165, 1.54) is 13.2 Å². The number of ether oxygens (including phenoxy) is 3. The van der Waals surface area contributed by atoms with Gasteiger partial charge in [0, 0.05) is 19.2 Å². The molecule has 108 valence electrons. The Kier molecular flexibility index (Phi) is 5.82.